The van der Waals surface area contributed by atoms with Crippen molar-refractivity contribution in [3.05, 3.63) is 11.6 Å². The number of anilines is 1. The van der Waals surface area contributed by atoms with Crippen molar-refractivity contribution < 1.29 is 8.42 Å². The highest BCUT2D eigenvalue weighted by atomic mass is 32.2. The minimum atomic E-state index is -3.16. The van der Waals surface area contributed by atoms with Crippen molar-refractivity contribution in [2.45, 2.75) is 18.9 Å². The molecule has 2 saturated heterocycles. The van der Waals surface area contributed by atoms with Crippen LogP contribution >= 0.6 is 11.3 Å². The summed E-state index contributed by atoms with van der Waals surface area (Å²) in [5.41, 5.74) is 6.12. The molecule has 0 aliphatic carbocycles. The van der Waals surface area contributed by atoms with Gasteiger partial charge in [0.2, 0.25) is 10.0 Å². The van der Waals surface area contributed by atoms with Gasteiger partial charge in [-0.15, -0.1) is 11.3 Å². The summed E-state index contributed by atoms with van der Waals surface area (Å²) in [6.45, 7) is 4.35. The van der Waals surface area contributed by atoms with E-state index in [4.69, 9.17) is 5.73 Å². The minimum Gasteiger partial charge on any atom is -0.370 e. The number of hydrogen-bond donors (Lipinski definition) is 1. The third-order valence-electron chi connectivity index (χ3n) is 4.51. The van der Waals surface area contributed by atoms with E-state index in [0.717, 1.165) is 44.2 Å². The van der Waals surface area contributed by atoms with Gasteiger partial charge in [0, 0.05) is 50.3 Å². The smallest absolute Gasteiger partial charge is 0.211 e. The quantitative estimate of drug-likeness (QED) is 0.591. The molecule has 0 bridgehead atoms. The molecular formula is C14H24N6O2S2. The largest absolute Gasteiger partial charge is 0.370 e. The van der Waals surface area contributed by atoms with Gasteiger partial charge in [0.1, 0.15) is 0 Å². The summed E-state index contributed by atoms with van der Waals surface area (Å²) in [5.74, 6) is 0.508. The van der Waals surface area contributed by atoms with Crippen LogP contribution in [-0.4, -0.2) is 80.1 Å². The van der Waals surface area contributed by atoms with Crippen molar-refractivity contribution in [3.8, 4) is 0 Å². The van der Waals surface area contributed by atoms with E-state index in [9.17, 15) is 8.42 Å². The van der Waals surface area contributed by atoms with E-state index < -0.39 is 10.0 Å². The number of nitrogens with zero attached hydrogens (tertiary/aromatic N) is 5. The van der Waals surface area contributed by atoms with Crippen molar-refractivity contribution in [2.24, 2.45) is 10.7 Å². The van der Waals surface area contributed by atoms with Crippen LogP contribution in [0.4, 0.5) is 5.13 Å². The molecule has 24 heavy (non-hydrogen) atoms. The fourth-order valence-electron chi connectivity index (χ4n) is 3.23. The van der Waals surface area contributed by atoms with Crippen molar-refractivity contribution in [2.75, 3.05) is 50.4 Å². The molecule has 0 aromatic carbocycles. The van der Waals surface area contributed by atoms with Gasteiger partial charge in [-0.05, 0) is 12.8 Å². The van der Waals surface area contributed by atoms with E-state index in [1.54, 1.807) is 15.6 Å². The molecule has 0 amide bonds. The molecular weight excluding hydrogens is 348 g/mol. The summed E-state index contributed by atoms with van der Waals surface area (Å²) in [6.07, 6.45) is 4.81. The summed E-state index contributed by atoms with van der Waals surface area (Å²) in [4.78, 5) is 13.1. The van der Waals surface area contributed by atoms with Gasteiger partial charge in [0.25, 0.3) is 0 Å². The Balaban J connectivity index is 1.53. The molecule has 1 aromatic heterocycles. The Hall–Kier alpha value is -1.39. The molecule has 1 aromatic rings. The van der Waals surface area contributed by atoms with Gasteiger partial charge in [-0.1, -0.05) is 0 Å². The summed E-state index contributed by atoms with van der Waals surface area (Å²) >= 11 is 1.64. The number of aromatic nitrogens is 1. The summed E-state index contributed by atoms with van der Waals surface area (Å²) in [6, 6.07) is -0.0600. The number of aliphatic imine (C=N–C) groups is 1. The van der Waals surface area contributed by atoms with Crippen molar-refractivity contribution in [3.63, 3.8) is 0 Å². The molecule has 2 aliphatic heterocycles. The third kappa shape index (κ3) is 3.98. The number of piperazine rings is 1. The summed E-state index contributed by atoms with van der Waals surface area (Å²) < 4.78 is 25.1. The van der Waals surface area contributed by atoms with Crippen LogP contribution in [0.1, 0.15) is 12.8 Å². The van der Waals surface area contributed by atoms with Gasteiger partial charge in [0.05, 0.1) is 12.8 Å². The van der Waals surface area contributed by atoms with Crippen LogP contribution in [0.3, 0.4) is 0 Å². The lowest BCUT2D eigenvalue weighted by atomic mass is 10.2. The van der Waals surface area contributed by atoms with E-state index in [1.807, 2.05) is 11.6 Å². The zero-order valence-electron chi connectivity index (χ0n) is 13.8. The summed E-state index contributed by atoms with van der Waals surface area (Å²) in [5, 5.41) is 3.02. The molecule has 3 heterocycles. The SMILES string of the molecule is CS(=O)(=O)N1CCC[C@@H]1CN=C(N)N1CCN(c2nccs2)CC1. The van der Waals surface area contributed by atoms with E-state index in [2.05, 4.69) is 19.8 Å². The Morgan fingerprint density at radius 1 is 1.38 bits per heavy atom. The van der Waals surface area contributed by atoms with E-state index in [1.165, 1.54) is 6.26 Å². The zero-order chi connectivity index (χ0) is 17.2. The Kier molecular flexibility index (Phi) is 5.26. The molecule has 2 aliphatic rings. The molecule has 8 nitrogen and oxygen atoms in total. The maximum Gasteiger partial charge on any atom is 0.211 e. The first-order valence-electron chi connectivity index (χ1n) is 8.11. The first kappa shape index (κ1) is 17.4. The Bertz CT molecular complexity index is 667. The molecule has 0 radical (unpaired) electrons. The van der Waals surface area contributed by atoms with Crippen LogP contribution in [0.25, 0.3) is 0 Å². The highest BCUT2D eigenvalue weighted by molar-refractivity contribution is 7.88. The first-order valence-corrected chi connectivity index (χ1v) is 10.8. The average Bonchev–Trinajstić information content (AvgIpc) is 3.23. The van der Waals surface area contributed by atoms with Gasteiger partial charge < -0.3 is 15.5 Å². The van der Waals surface area contributed by atoms with Gasteiger partial charge in [-0.25, -0.2) is 13.4 Å². The van der Waals surface area contributed by atoms with E-state index in [0.29, 0.717) is 19.0 Å². The monoisotopic (exact) mass is 372 g/mol. The van der Waals surface area contributed by atoms with Crippen LogP contribution < -0.4 is 10.6 Å². The number of nitrogens with two attached hydrogens (primary N) is 1. The van der Waals surface area contributed by atoms with Crippen LogP contribution in [0.5, 0.6) is 0 Å². The number of guanidine groups is 1. The number of sulfonamides is 1. The number of thiazole rings is 1. The normalized spacial score (nSPS) is 23.9. The van der Waals surface area contributed by atoms with Crippen molar-refractivity contribution in [1.82, 2.24) is 14.2 Å². The third-order valence-corrected chi connectivity index (χ3v) is 6.67. The van der Waals surface area contributed by atoms with E-state index >= 15 is 0 Å². The maximum atomic E-state index is 11.8. The molecule has 134 valence electrons. The van der Waals surface area contributed by atoms with Gasteiger partial charge in [-0.2, -0.15) is 4.31 Å². The molecule has 0 saturated carbocycles. The fourth-order valence-corrected chi connectivity index (χ4v) is 5.10. The lowest BCUT2D eigenvalue weighted by molar-refractivity contribution is 0.372. The Morgan fingerprint density at radius 3 is 2.75 bits per heavy atom. The molecule has 0 spiro atoms. The molecule has 3 rings (SSSR count). The van der Waals surface area contributed by atoms with Crippen LogP contribution in [-0.2, 0) is 10.0 Å². The van der Waals surface area contributed by atoms with Crippen LogP contribution in [0.2, 0.25) is 0 Å². The second-order valence-electron chi connectivity index (χ2n) is 6.16. The molecule has 2 N–H and O–H groups in total. The average molecular weight is 373 g/mol. The first-order chi connectivity index (χ1) is 11.4. The standard InChI is InChI=1S/C14H24N6O2S2/c1-24(21,22)20-5-2-3-12(20)11-17-13(15)18-6-8-19(9-7-18)14-16-4-10-23-14/h4,10,12H,2-3,5-9,11H2,1H3,(H2,15,17)/t12-/m1/s1. The fraction of sp³-hybridized carbons (Fsp3) is 0.714. The minimum absolute atomic E-state index is 0.0600. The molecule has 2 fully saturated rings. The number of rotatable bonds is 4. The van der Waals surface area contributed by atoms with Gasteiger partial charge >= 0.3 is 0 Å². The highest BCUT2D eigenvalue weighted by Crippen LogP contribution is 2.21. The van der Waals surface area contributed by atoms with E-state index in [-0.39, 0.29) is 6.04 Å². The predicted molar refractivity (Wildman–Crippen MR) is 97.0 cm³/mol. The zero-order valence-corrected chi connectivity index (χ0v) is 15.5. The lowest BCUT2D eigenvalue weighted by Gasteiger charge is -2.35. The maximum absolute atomic E-state index is 11.8. The Labute approximate surface area is 147 Å². The highest BCUT2D eigenvalue weighted by Gasteiger charge is 2.31. The second-order valence-corrected chi connectivity index (χ2v) is 8.97. The molecule has 10 heteroatoms. The van der Waals surface area contributed by atoms with Crippen molar-refractivity contribution >= 4 is 32.5 Å². The lowest BCUT2D eigenvalue weighted by Crippen LogP contribution is -2.51. The second kappa shape index (κ2) is 7.24. The van der Waals surface area contributed by atoms with Crippen molar-refractivity contribution in [1.29, 1.82) is 0 Å². The van der Waals surface area contributed by atoms with Crippen LogP contribution in [0, 0.1) is 0 Å². The van der Waals surface area contributed by atoms with Gasteiger partial charge in [-0.3, -0.25) is 4.99 Å². The van der Waals surface area contributed by atoms with Crippen LogP contribution in [0.15, 0.2) is 16.6 Å². The molecule has 1 atom stereocenters. The van der Waals surface area contributed by atoms with Gasteiger partial charge in [0.15, 0.2) is 11.1 Å². The molecule has 0 unspecified atom stereocenters. The Morgan fingerprint density at radius 2 is 2.12 bits per heavy atom. The summed E-state index contributed by atoms with van der Waals surface area (Å²) in [7, 11) is -3.16. The predicted octanol–water partition coefficient (Wildman–Crippen LogP) is 0.00380. The topological polar surface area (TPSA) is 95.1 Å². The number of hydrogen-bond acceptors (Lipinski definition) is 6.